The van der Waals surface area contributed by atoms with Gasteiger partial charge in [0.15, 0.2) is 12.3 Å². The molecule has 0 spiro atoms. The molecule has 0 bridgehead atoms. The third kappa shape index (κ3) is 3.69. The van der Waals surface area contributed by atoms with Gasteiger partial charge in [-0.3, -0.25) is 9.20 Å². The number of imidazole rings is 1. The fourth-order valence-corrected chi connectivity index (χ4v) is 2.65. The molecule has 0 aliphatic rings. The van der Waals surface area contributed by atoms with E-state index in [-0.39, 0.29) is 17.1 Å². The summed E-state index contributed by atoms with van der Waals surface area (Å²) in [6, 6.07) is 4.29. The van der Waals surface area contributed by atoms with Gasteiger partial charge in [-0.25, -0.2) is 4.98 Å². The lowest BCUT2D eigenvalue weighted by molar-refractivity contribution is -0.153. The average Bonchev–Trinajstić information content (AvgIpc) is 2.88. The van der Waals surface area contributed by atoms with E-state index in [0.717, 1.165) is 28.7 Å². The lowest BCUT2D eigenvalue weighted by Crippen LogP contribution is -2.24. The van der Waals surface area contributed by atoms with E-state index in [1.807, 2.05) is 0 Å². The number of hydrogen-bond donors (Lipinski definition) is 0. The van der Waals surface area contributed by atoms with Crippen molar-refractivity contribution in [1.82, 2.24) is 14.0 Å². The Bertz CT molecular complexity index is 1080. The van der Waals surface area contributed by atoms with Crippen molar-refractivity contribution in [2.45, 2.75) is 19.3 Å². The number of nitrogens with zero attached hydrogens (tertiary/aromatic N) is 3. The number of aryl methyl sites for hydroxylation is 2. The molecule has 0 fully saturated rings. The SMILES string of the molecule is Cc1cn2c(=O)c(-c3ccc(OCC(F)(F)F)cc3)c(C(F)(F)F)nc2n1C. The first kappa shape index (κ1) is 19.8. The van der Waals surface area contributed by atoms with E-state index in [0.29, 0.717) is 5.69 Å². The molecule has 0 aliphatic heterocycles. The average molecular weight is 405 g/mol. The molecule has 3 rings (SSSR count). The van der Waals surface area contributed by atoms with Crippen molar-refractivity contribution in [3.8, 4) is 16.9 Å². The number of fused-ring (bicyclic) bond motifs is 1. The zero-order valence-corrected chi connectivity index (χ0v) is 14.5. The summed E-state index contributed by atoms with van der Waals surface area (Å²) in [5, 5.41) is 0. The number of halogens is 6. The largest absolute Gasteiger partial charge is 0.484 e. The fourth-order valence-electron chi connectivity index (χ4n) is 2.65. The van der Waals surface area contributed by atoms with Crippen LogP contribution < -0.4 is 10.3 Å². The molecule has 0 amide bonds. The summed E-state index contributed by atoms with van der Waals surface area (Å²) in [6.45, 7) is 0.0629. The maximum atomic E-state index is 13.5. The van der Waals surface area contributed by atoms with Crippen molar-refractivity contribution in [3.05, 3.63) is 52.2 Å². The molecule has 11 heteroatoms. The highest BCUT2D eigenvalue weighted by molar-refractivity contribution is 5.67. The number of aromatic nitrogens is 3. The maximum Gasteiger partial charge on any atom is 0.434 e. The minimum Gasteiger partial charge on any atom is -0.484 e. The van der Waals surface area contributed by atoms with E-state index < -0.39 is 35.8 Å². The van der Waals surface area contributed by atoms with E-state index in [1.165, 1.54) is 17.8 Å². The highest BCUT2D eigenvalue weighted by Crippen LogP contribution is 2.35. The zero-order valence-electron chi connectivity index (χ0n) is 14.5. The molecular formula is C17H13F6N3O2. The predicted molar refractivity (Wildman–Crippen MR) is 87.2 cm³/mol. The summed E-state index contributed by atoms with van der Waals surface area (Å²) in [5.41, 5.74) is -2.63. The Morgan fingerprint density at radius 1 is 1.07 bits per heavy atom. The second-order valence-electron chi connectivity index (χ2n) is 6.07. The van der Waals surface area contributed by atoms with Crippen LogP contribution in [0.25, 0.3) is 16.9 Å². The molecule has 150 valence electrons. The van der Waals surface area contributed by atoms with Crippen LogP contribution in [0.1, 0.15) is 11.4 Å². The number of hydrogen-bond acceptors (Lipinski definition) is 3. The minimum absolute atomic E-state index is 0.139. The van der Waals surface area contributed by atoms with Crippen molar-refractivity contribution < 1.29 is 31.1 Å². The summed E-state index contributed by atoms with van der Waals surface area (Å²) in [5.74, 6) is -0.372. The third-order valence-electron chi connectivity index (χ3n) is 4.06. The van der Waals surface area contributed by atoms with Crippen LogP contribution in [-0.2, 0) is 13.2 Å². The Balaban J connectivity index is 2.14. The molecule has 2 aromatic heterocycles. The summed E-state index contributed by atoms with van der Waals surface area (Å²) in [6.07, 6.45) is -8.11. The van der Waals surface area contributed by atoms with Crippen molar-refractivity contribution in [2.75, 3.05) is 6.61 Å². The van der Waals surface area contributed by atoms with E-state index >= 15 is 0 Å². The Morgan fingerprint density at radius 2 is 1.68 bits per heavy atom. The van der Waals surface area contributed by atoms with Gasteiger partial charge in [-0.1, -0.05) is 12.1 Å². The van der Waals surface area contributed by atoms with Gasteiger partial charge in [0.2, 0.25) is 5.78 Å². The highest BCUT2D eigenvalue weighted by Gasteiger charge is 2.38. The van der Waals surface area contributed by atoms with Crippen LogP contribution in [0.15, 0.2) is 35.3 Å². The first-order chi connectivity index (χ1) is 12.9. The van der Waals surface area contributed by atoms with Crippen LogP contribution in [0, 0.1) is 6.92 Å². The fraction of sp³-hybridized carbons (Fsp3) is 0.294. The molecule has 0 saturated heterocycles. The standard InChI is InChI=1S/C17H13F6N3O2/c1-9-7-26-14(27)12(13(17(21,22)23)24-15(26)25(9)2)10-3-5-11(6-4-10)28-8-16(18,19)20/h3-7H,8H2,1-2H3. The van der Waals surface area contributed by atoms with Crippen LogP contribution >= 0.6 is 0 Å². The number of alkyl halides is 6. The predicted octanol–water partition coefficient (Wildman–Crippen LogP) is 3.97. The van der Waals surface area contributed by atoms with Gasteiger partial charge in [-0.2, -0.15) is 26.3 Å². The Labute approximate surface area is 153 Å². The summed E-state index contributed by atoms with van der Waals surface area (Å²) in [4.78, 5) is 16.3. The topological polar surface area (TPSA) is 48.5 Å². The van der Waals surface area contributed by atoms with Crippen molar-refractivity contribution in [2.24, 2.45) is 7.05 Å². The van der Waals surface area contributed by atoms with E-state index in [9.17, 15) is 31.1 Å². The molecule has 0 atom stereocenters. The van der Waals surface area contributed by atoms with Crippen molar-refractivity contribution in [3.63, 3.8) is 0 Å². The quantitative estimate of drug-likeness (QED) is 0.620. The Hall–Kier alpha value is -2.98. The first-order valence-electron chi connectivity index (χ1n) is 7.84. The highest BCUT2D eigenvalue weighted by atomic mass is 19.4. The third-order valence-corrected chi connectivity index (χ3v) is 4.06. The van der Waals surface area contributed by atoms with Gasteiger partial charge in [0.25, 0.3) is 5.56 Å². The molecule has 1 aromatic carbocycles. The van der Waals surface area contributed by atoms with Crippen molar-refractivity contribution in [1.29, 1.82) is 0 Å². The summed E-state index contributed by atoms with van der Waals surface area (Å²) >= 11 is 0. The van der Waals surface area contributed by atoms with Gasteiger partial charge < -0.3 is 9.30 Å². The molecule has 0 radical (unpaired) electrons. The maximum absolute atomic E-state index is 13.5. The number of rotatable bonds is 3. The van der Waals surface area contributed by atoms with Crippen LogP contribution in [-0.4, -0.2) is 26.7 Å². The first-order valence-corrected chi connectivity index (χ1v) is 7.84. The summed E-state index contributed by atoms with van der Waals surface area (Å²) in [7, 11) is 1.48. The summed E-state index contributed by atoms with van der Waals surface area (Å²) < 4.78 is 84.1. The molecule has 3 aromatic rings. The molecule has 28 heavy (non-hydrogen) atoms. The van der Waals surface area contributed by atoms with Crippen LogP contribution in [0.4, 0.5) is 26.3 Å². The monoisotopic (exact) mass is 405 g/mol. The van der Waals surface area contributed by atoms with Gasteiger partial charge in [-0.05, 0) is 24.6 Å². The Kier molecular flexibility index (Phi) is 4.64. The van der Waals surface area contributed by atoms with E-state index in [4.69, 9.17) is 0 Å². The van der Waals surface area contributed by atoms with Crippen LogP contribution in [0.5, 0.6) is 5.75 Å². The molecule has 0 unspecified atom stereocenters. The van der Waals surface area contributed by atoms with Crippen molar-refractivity contribution >= 4 is 5.78 Å². The lowest BCUT2D eigenvalue weighted by Gasteiger charge is -2.13. The Morgan fingerprint density at radius 3 is 2.21 bits per heavy atom. The van der Waals surface area contributed by atoms with Crippen LogP contribution in [0.2, 0.25) is 0 Å². The second-order valence-corrected chi connectivity index (χ2v) is 6.07. The van der Waals surface area contributed by atoms with E-state index in [1.54, 1.807) is 6.92 Å². The van der Waals surface area contributed by atoms with Gasteiger partial charge in [0, 0.05) is 18.9 Å². The van der Waals surface area contributed by atoms with Crippen LogP contribution in [0.3, 0.4) is 0 Å². The van der Waals surface area contributed by atoms with E-state index in [2.05, 4.69) is 9.72 Å². The normalized spacial score (nSPS) is 12.6. The van der Waals surface area contributed by atoms with Gasteiger partial charge in [-0.15, -0.1) is 0 Å². The van der Waals surface area contributed by atoms with Gasteiger partial charge >= 0.3 is 12.4 Å². The van der Waals surface area contributed by atoms with Gasteiger partial charge in [0.05, 0.1) is 5.56 Å². The second kappa shape index (κ2) is 6.57. The minimum atomic E-state index is -4.91. The molecular weight excluding hydrogens is 392 g/mol. The number of benzene rings is 1. The molecule has 5 nitrogen and oxygen atoms in total. The number of ether oxygens (including phenoxy) is 1. The molecule has 0 saturated carbocycles. The molecule has 0 N–H and O–H groups in total. The lowest BCUT2D eigenvalue weighted by atomic mass is 10.0. The zero-order chi connectivity index (χ0) is 20.9. The molecule has 0 aliphatic carbocycles. The van der Waals surface area contributed by atoms with Gasteiger partial charge in [0.1, 0.15) is 5.75 Å². The smallest absolute Gasteiger partial charge is 0.434 e. The molecule has 2 heterocycles.